The van der Waals surface area contributed by atoms with E-state index < -0.39 is 0 Å². The zero-order chi connectivity index (χ0) is 14.4. The Hall–Kier alpha value is -2.16. The van der Waals surface area contributed by atoms with Crippen molar-refractivity contribution in [3.63, 3.8) is 0 Å². The molecule has 1 aliphatic rings. The predicted octanol–water partition coefficient (Wildman–Crippen LogP) is 3.73. The second-order valence-corrected chi connectivity index (χ2v) is 4.78. The van der Waals surface area contributed by atoms with Gasteiger partial charge in [-0.2, -0.15) is 0 Å². The van der Waals surface area contributed by atoms with E-state index in [2.05, 4.69) is 20.0 Å². The standard InChI is InChI=1S/C10H6O2.C6H13N.CH4/c11-9-5-6-10(12)8-4-2-1-3-7(8)9;1-6(2)5-7(3)4;/h1-6H;5H,1-4H3;1H4. The number of carbonyl (C=O) groups is 2. The van der Waals surface area contributed by atoms with E-state index in [0.717, 1.165) is 0 Å². The number of allylic oxidation sites excluding steroid dienone is 3. The van der Waals surface area contributed by atoms with Gasteiger partial charge in [-0.15, -0.1) is 0 Å². The third kappa shape index (κ3) is 5.22. The van der Waals surface area contributed by atoms with Gasteiger partial charge < -0.3 is 4.90 Å². The zero-order valence-electron chi connectivity index (χ0n) is 11.8. The molecule has 0 radical (unpaired) electrons. The molecular formula is C17H23NO2. The van der Waals surface area contributed by atoms with Gasteiger partial charge in [0.15, 0.2) is 11.6 Å². The monoisotopic (exact) mass is 273 g/mol. The Morgan fingerprint density at radius 3 is 1.60 bits per heavy atom. The Kier molecular flexibility index (Phi) is 7.22. The highest BCUT2D eigenvalue weighted by molar-refractivity contribution is 6.21. The summed E-state index contributed by atoms with van der Waals surface area (Å²) in [5.74, 6) is -0.185. The summed E-state index contributed by atoms with van der Waals surface area (Å²) in [5.41, 5.74) is 2.35. The first-order valence-electron chi connectivity index (χ1n) is 6.09. The maximum absolute atomic E-state index is 11.2. The lowest BCUT2D eigenvalue weighted by molar-refractivity contribution is 0.0994. The Bertz CT molecular complexity index is 499. The third-order valence-corrected chi connectivity index (χ3v) is 2.36. The van der Waals surface area contributed by atoms with Gasteiger partial charge in [-0.1, -0.05) is 37.3 Å². The van der Waals surface area contributed by atoms with E-state index in [0.29, 0.717) is 11.1 Å². The summed E-state index contributed by atoms with van der Waals surface area (Å²) >= 11 is 0. The summed E-state index contributed by atoms with van der Waals surface area (Å²) in [7, 11) is 4.04. The van der Waals surface area contributed by atoms with Crippen LogP contribution in [0.3, 0.4) is 0 Å². The van der Waals surface area contributed by atoms with Gasteiger partial charge in [-0.25, -0.2) is 0 Å². The maximum atomic E-state index is 11.2. The quantitative estimate of drug-likeness (QED) is 0.782. The lowest BCUT2D eigenvalue weighted by Crippen LogP contribution is -2.10. The van der Waals surface area contributed by atoms with E-state index in [4.69, 9.17) is 0 Å². The van der Waals surface area contributed by atoms with E-state index in [-0.39, 0.29) is 19.0 Å². The first-order chi connectivity index (χ1) is 8.91. The Morgan fingerprint density at radius 2 is 1.35 bits per heavy atom. The predicted molar refractivity (Wildman–Crippen MR) is 84.1 cm³/mol. The summed E-state index contributed by atoms with van der Waals surface area (Å²) in [6, 6.07) is 6.84. The van der Waals surface area contributed by atoms with Crippen LogP contribution in [0.15, 0.2) is 48.2 Å². The van der Waals surface area contributed by atoms with Crippen LogP contribution in [0.25, 0.3) is 0 Å². The molecule has 0 heterocycles. The van der Waals surface area contributed by atoms with E-state index in [1.165, 1.54) is 17.7 Å². The Morgan fingerprint density at radius 1 is 0.950 bits per heavy atom. The highest BCUT2D eigenvalue weighted by Gasteiger charge is 2.16. The van der Waals surface area contributed by atoms with Gasteiger partial charge in [-0.05, 0) is 32.2 Å². The van der Waals surface area contributed by atoms with Gasteiger partial charge in [0.25, 0.3) is 0 Å². The fraction of sp³-hybridized carbons (Fsp3) is 0.294. The molecule has 20 heavy (non-hydrogen) atoms. The minimum Gasteiger partial charge on any atom is -0.384 e. The number of fused-ring (bicyclic) bond motifs is 1. The van der Waals surface area contributed by atoms with Crippen molar-refractivity contribution < 1.29 is 9.59 Å². The summed E-state index contributed by atoms with van der Waals surface area (Å²) in [6.07, 6.45) is 4.70. The molecule has 0 fully saturated rings. The number of ketones is 2. The van der Waals surface area contributed by atoms with Crippen molar-refractivity contribution in [2.45, 2.75) is 21.3 Å². The van der Waals surface area contributed by atoms with Gasteiger partial charge in [0.2, 0.25) is 0 Å². The SMILES string of the molecule is C.CC(C)=CN(C)C.O=C1C=CC(=O)c2ccccc21. The van der Waals surface area contributed by atoms with Crippen LogP contribution in [0, 0.1) is 0 Å². The zero-order valence-corrected chi connectivity index (χ0v) is 11.8. The molecule has 0 unspecified atom stereocenters. The topological polar surface area (TPSA) is 37.4 Å². The molecule has 1 aromatic rings. The number of nitrogens with zero attached hydrogens (tertiary/aromatic N) is 1. The molecule has 1 aliphatic carbocycles. The second kappa shape index (κ2) is 8.10. The fourth-order valence-corrected chi connectivity index (χ4v) is 1.76. The van der Waals surface area contributed by atoms with Crippen LogP contribution in [-0.2, 0) is 0 Å². The number of hydrogen-bond donors (Lipinski definition) is 0. The molecule has 1 aromatic carbocycles. The largest absolute Gasteiger partial charge is 0.384 e. The average molecular weight is 273 g/mol. The first-order valence-corrected chi connectivity index (χ1v) is 6.09. The van der Waals surface area contributed by atoms with Crippen molar-refractivity contribution >= 4 is 11.6 Å². The minimum atomic E-state index is -0.0924. The molecule has 0 saturated carbocycles. The van der Waals surface area contributed by atoms with Crippen LogP contribution in [0.5, 0.6) is 0 Å². The van der Waals surface area contributed by atoms with Crippen molar-refractivity contribution in [2.75, 3.05) is 14.1 Å². The van der Waals surface area contributed by atoms with Crippen LogP contribution >= 0.6 is 0 Å². The van der Waals surface area contributed by atoms with Crippen LogP contribution in [0.2, 0.25) is 0 Å². The fourth-order valence-electron chi connectivity index (χ4n) is 1.76. The average Bonchev–Trinajstić information content (AvgIpc) is 2.33. The number of rotatable bonds is 1. The molecule has 2 rings (SSSR count). The van der Waals surface area contributed by atoms with Crippen molar-refractivity contribution in [1.29, 1.82) is 0 Å². The molecule has 0 saturated heterocycles. The molecule has 3 nitrogen and oxygen atoms in total. The molecule has 3 heteroatoms. The summed E-state index contributed by atoms with van der Waals surface area (Å²) < 4.78 is 0. The van der Waals surface area contributed by atoms with Gasteiger partial charge in [0.1, 0.15) is 0 Å². The summed E-state index contributed by atoms with van der Waals surface area (Å²) in [5, 5.41) is 0. The molecular weight excluding hydrogens is 250 g/mol. The van der Waals surface area contributed by atoms with Gasteiger partial charge in [-0.3, -0.25) is 9.59 Å². The van der Waals surface area contributed by atoms with Gasteiger partial charge in [0, 0.05) is 25.2 Å². The molecule has 0 aliphatic heterocycles. The van der Waals surface area contributed by atoms with Gasteiger partial charge >= 0.3 is 0 Å². The molecule has 0 spiro atoms. The maximum Gasteiger partial charge on any atom is 0.186 e. The van der Waals surface area contributed by atoms with Crippen LogP contribution < -0.4 is 0 Å². The lowest BCUT2D eigenvalue weighted by atomic mass is 9.95. The van der Waals surface area contributed by atoms with E-state index >= 15 is 0 Å². The Balaban J connectivity index is 0.000000396. The molecule has 0 amide bonds. The highest BCUT2D eigenvalue weighted by Crippen LogP contribution is 2.15. The molecule has 0 aromatic heterocycles. The third-order valence-electron chi connectivity index (χ3n) is 2.36. The van der Waals surface area contributed by atoms with E-state index in [1.807, 2.05) is 19.0 Å². The molecule has 0 N–H and O–H groups in total. The van der Waals surface area contributed by atoms with Crippen LogP contribution in [-0.4, -0.2) is 30.6 Å². The molecule has 0 bridgehead atoms. The first kappa shape index (κ1) is 17.8. The van der Waals surface area contributed by atoms with E-state index in [1.54, 1.807) is 24.3 Å². The van der Waals surface area contributed by atoms with Crippen molar-refractivity contribution in [1.82, 2.24) is 4.90 Å². The van der Waals surface area contributed by atoms with Crippen LogP contribution in [0.1, 0.15) is 42.0 Å². The minimum absolute atomic E-state index is 0. The van der Waals surface area contributed by atoms with Gasteiger partial charge in [0.05, 0.1) is 0 Å². The smallest absolute Gasteiger partial charge is 0.186 e. The summed E-state index contributed by atoms with van der Waals surface area (Å²) in [4.78, 5) is 24.4. The number of hydrogen-bond acceptors (Lipinski definition) is 3. The lowest BCUT2D eigenvalue weighted by Gasteiger charge is -2.06. The van der Waals surface area contributed by atoms with Crippen molar-refractivity contribution in [3.8, 4) is 0 Å². The highest BCUT2D eigenvalue weighted by atomic mass is 16.1. The molecule has 0 atom stereocenters. The second-order valence-electron chi connectivity index (χ2n) is 4.78. The van der Waals surface area contributed by atoms with Crippen molar-refractivity contribution in [3.05, 3.63) is 59.3 Å². The normalized spacial score (nSPS) is 11.6. The molecule has 108 valence electrons. The summed E-state index contributed by atoms with van der Waals surface area (Å²) in [6.45, 7) is 4.17. The van der Waals surface area contributed by atoms with Crippen molar-refractivity contribution in [2.24, 2.45) is 0 Å². The van der Waals surface area contributed by atoms with E-state index in [9.17, 15) is 9.59 Å². The number of carbonyl (C=O) groups excluding carboxylic acids is 2. The van der Waals surface area contributed by atoms with Crippen LogP contribution in [0.4, 0.5) is 0 Å². The Labute approximate surface area is 121 Å². The number of benzene rings is 1.